The van der Waals surface area contributed by atoms with Crippen molar-refractivity contribution in [3.05, 3.63) is 76.2 Å². The van der Waals surface area contributed by atoms with E-state index in [2.05, 4.69) is 4.98 Å². The van der Waals surface area contributed by atoms with E-state index in [-0.39, 0.29) is 15.6 Å². The molecular weight excluding hydrogens is 400 g/mol. The van der Waals surface area contributed by atoms with Gasteiger partial charge in [0.15, 0.2) is 15.6 Å². The minimum atomic E-state index is -4.06. The fourth-order valence-corrected chi connectivity index (χ4v) is 4.54. The van der Waals surface area contributed by atoms with E-state index in [0.29, 0.717) is 11.3 Å². The molecule has 0 bridgehead atoms. The van der Waals surface area contributed by atoms with Crippen molar-refractivity contribution in [2.24, 2.45) is 0 Å². The Bertz CT molecular complexity index is 1070. The fraction of sp³-hybridized carbons (Fsp3) is 0.0556. The lowest BCUT2D eigenvalue weighted by atomic mass is 10.1. The van der Waals surface area contributed by atoms with Crippen molar-refractivity contribution in [1.29, 1.82) is 0 Å². The molecule has 0 saturated carbocycles. The van der Waals surface area contributed by atoms with Crippen LogP contribution in [-0.2, 0) is 15.6 Å². The second-order valence-corrected chi connectivity index (χ2v) is 8.32. The summed E-state index contributed by atoms with van der Waals surface area (Å²) in [6.07, 6.45) is 1.58. The second-order valence-electron chi connectivity index (χ2n) is 5.51. The third kappa shape index (κ3) is 3.82. The van der Waals surface area contributed by atoms with E-state index >= 15 is 0 Å². The van der Waals surface area contributed by atoms with Crippen molar-refractivity contribution >= 4 is 33.0 Å². The molecular formula is C18H12Cl2FNO3S. The first-order valence-corrected chi connectivity index (χ1v) is 9.79. The first-order valence-electron chi connectivity index (χ1n) is 7.38. The standard InChI is InChI=1S/C18H12Cl2FNO3S/c19-13-8-14(20)18(23)17(9-13)26(24,25)10-12-5-4-11(7-15(12)21)16-3-1-2-6-22-16/h1-9,23H,10H2. The van der Waals surface area contributed by atoms with Crippen LogP contribution in [0.4, 0.5) is 4.39 Å². The van der Waals surface area contributed by atoms with E-state index in [1.807, 2.05) is 0 Å². The topological polar surface area (TPSA) is 67.3 Å². The number of nitrogens with zero attached hydrogens (tertiary/aromatic N) is 1. The smallest absolute Gasteiger partial charge is 0.186 e. The highest BCUT2D eigenvalue weighted by atomic mass is 35.5. The maximum Gasteiger partial charge on any atom is 0.186 e. The normalized spacial score (nSPS) is 11.5. The molecule has 4 nitrogen and oxygen atoms in total. The van der Waals surface area contributed by atoms with E-state index in [1.54, 1.807) is 30.5 Å². The quantitative estimate of drug-likeness (QED) is 0.664. The molecule has 0 spiro atoms. The molecule has 1 aromatic heterocycles. The van der Waals surface area contributed by atoms with Crippen LogP contribution in [0.5, 0.6) is 5.75 Å². The zero-order valence-corrected chi connectivity index (χ0v) is 15.5. The molecule has 0 atom stereocenters. The number of benzene rings is 2. The SMILES string of the molecule is O=S(=O)(Cc1ccc(-c2ccccn2)cc1F)c1cc(Cl)cc(Cl)c1O. The number of pyridine rings is 1. The first-order chi connectivity index (χ1) is 12.3. The highest BCUT2D eigenvalue weighted by Crippen LogP contribution is 2.36. The van der Waals surface area contributed by atoms with Gasteiger partial charge < -0.3 is 5.11 Å². The number of hydrogen-bond acceptors (Lipinski definition) is 4. The average molecular weight is 412 g/mol. The van der Waals surface area contributed by atoms with Crippen molar-refractivity contribution in [1.82, 2.24) is 4.98 Å². The number of phenolic OH excluding ortho intramolecular Hbond substituents is 1. The summed E-state index contributed by atoms with van der Waals surface area (Å²) in [6.45, 7) is 0. The van der Waals surface area contributed by atoms with Crippen LogP contribution in [-0.4, -0.2) is 18.5 Å². The Hall–Kier alpha value is -2.15. The van der Waals surface area contributed by atoms with Crippen molar-refractivity contribution < 1.29 is 17.9 Å². The van der Waals surface area contributed by atoms with Crippen molar-refractivity contribution in [3.63, 3.8) is 0 Å². The molecule has 134 valence electrons. The van der Waals surface area contributed by atoms with E-state index in [0.717, 1.165) is 6.07 Å². The minimum absolute atomic E-state index is 0.0415. The van der Waals surface area contributed by atoms with Crippen molar-refractivity contribution in [3.8, 4) is 17.0 Å². The van der Waals surface area contributed by atoms with Gasteiger partial charge in [0, 0.05) is 22.3 Å². The molecule has 0 radical (unpaired) electrons. The van der Waals surface area contributed by atoms with E-state index in [4.69, 9.17) is 23.2 Å². The highest BCUT2D eigenvalue weighted by Gasteiger charge is 2.24. The van der Waals surface area contributed by atoms with Gasteiger partial charge in [-0.05, 0) is 30.3 Å². The zero-order chi connectivity index (χ0) is 18.9. The van der Waals surface area contributed by atoms with Gasteiger partial charge in [-0.3, -0.25) is 4.98 Å². The molecule has 3 aromatic rings. The minimum Gasteiger partial charge on any atom is -0.505 e. The highest BCUT2D eigenvalue weighted by molar-refractivity contribution is 7.90. The van der Waals surface area contributed by atoms with Gasteiger partial charge in [0.25, 0.3) is 0 Å². The van der Waals surface area contributed by atoms with Gasteiger partial charge >= 0.3 is 0 Å². The van der Waals surface area contributed by atoms with Gasteiger partial charge in [0.05, 0.1) is 16.5 Å². The summed E-state index contributed by atoms with van der Waals surface area (Å²) in [5.41, 5.74) is 1.05. The number of aromatic hydroxyl groups is 1. The van der Waals surface area contributed by atoms with E-state index in [1.165, 1.54) is 18.2 Å². The lowest BCUT2D eigenvalue weighted by Gasteiger charge is -2.10. The van der Waals surface area contributed by atoms with Gasteiger partial charge in [0.1, 0.15) is 10.7 Å². The summed E-state index contributed by atoms with van der Waals surface area (Å²) < 4.78 is 39.6. The van der Waals surface area contributed by atoms with Gasteiger partial charge in [-0.15, -0.1) is 0 Å². The predicted molar refractivity (Wildman–Crippen MR) is 98.6 cm³/mol. The summed E-state index contributed by atoms with van der Waals surface area (Å²) in [5, 5.41) is 9.79. The summed E-state index contributed by atoms with van der Waals surface area (Å²) in [4.78, 5) is 3.68. The molecule has 0 unspecified atom stereocenters. The Kier molecular flexibility index (Phi) is 5.18. The van der Waals surface area contributed by atoms with Crippen LogP contribution in [0.3, 0.4) is 0 Å². The van der Waals surface area contributed by atoms with Crippen molar-refractivity contribution in [2.45, 2.75) is 10.6 Å². The maximum atomic E-state index is 14.4. The molecule has 2 aromatic carbocycles. The molecule has 0 aliphatic carbocycles. The molecule has 0 saturated heterocycles. The third-order valence-electron chi connectivity index (χ3n) is 3.69. The maximum absolute atomic E-state index is 14.4. The van der Waals surface area contributed by atoms with Crippen LogP contribution in [0.2, 0.25) is 10.0 Å². The van der Waals surface area contributed by atoms with Crippen LogP contribution >= 0.6 is 23.2 Å². The van der Waals surface area contributed by atoms with Gasteiger partial charge in [-0.1, -0.05) is 41.4 Å². The fourth-order valence-electron chi connectivity index (χ4n) is 2.42. The predicted octanol–water partition coefficient (Wildman–Crippen LogP) is 4.87. The monoisotopic (exact) mass is 411 g/mol. The van der Waals surface area contributed by atoms with Crippen LogP contribution in [0, 0.1) is 5.82 Å². The van der Waals surface area contributed by atoms with Crippen molar-refractivity contribution in [2.75, 3.05) is 0 Å². The molecule has 1 N–H and O–H groups in total. The number of hydrogen-bond donors (Lipinski definition) is 1. The Balaban J connectivity index is 1.96. The second kappa shape index (κ2) is 7.23. The Morgan fingerprint density at radius 3 is 2.50 bits per heavy atom. The molecule has 0 aliphatic heterocycles. The zero-order valence-electron chi connectivity index (χ0n) is 13.2. The van der Waals surface area contributed by atoms with Crippen LogP contribution in [0.1, 0.15) is 5.56 Å². The lowest BCUT2D eigenvalue weighted by Crippen LogP contribution is -2.07. The average Bonchev–Trinajstić information content (AvgIpc) is 2.60. The number of halogens is 3. The van der Waals surface area contributed by atoms with Gasteiger partial charge in [-0.2, -0.15) is 0 Å². The number of phenols is 1. The largest absolute Gasteiger partial charge is 0.505 e. The van der Waals surface area contributed by atoms with Gasteiger partial charge in [0.2, 0.25) is 0 Å². The van der Waals surface area contributed by atoms with E-state index in [9.17, 15) is 17.9 Å². The number of aromatic nitrogens is 1. The summed E-state index contributed by atoms with van der Waals surface area (Å²) in [6, 6.07) is 11.7. The third-order valence-corrected chi connectivity index (χ3v) is 5.87. The molecule has 8 heteroatoms. The Morgan fingerprint density at radius 1 is 1.08 bits per heavy atom. The summed E-state index contributed by atoms with van der Waals surface area (Å²) in [7, 11) is -4.06. The first kappa shape index (κ1) is 18.6. The molecule has 0 aliphatic rings. The number of rotatable bonds is 4. The molecule has 0 fully saturated rings. The Labute approximate surface area is 159 Å². The van der Waals surface area contributed by atoms with Crippen LogP contribution in [0.25, 0.3) is 11.3 Å². The summed E-state index contributed by atoms with van der Waals surface area (Å²) in [5.74, 6) is -1.95. The van der Waals surface area contributed by atoms with Crippen LogP contribution in [0.15, 0.2) is 59.6 Å². The van der Waals surface area contributed by atoms with Gasteiger partial charge in [-0.25, -0.2) is 12.8 Å². The summed E-state index contributed by atoms with van der Waals surface area (Å²) >= 11 is 11.6. The number of sulfone groups is 1. The molecule has 3 rings (SSSR count). The molecule has 1 heterocycles. The Morgan fingerprint density at radius 2 is 1.85 bits per heavy atom. The van der Waals surface area contributed by atoms with E-state index < -0.39 is 32.1 Å². The lowest BCUT2D eigenvalue weighted by molar-refractivity contribution is 0.459. The van der Waals surface area contributed by atoms with Crippen LogP contribution < -0.4 is 0 Å². The molecule has 0 amide bonds. The molecule has 26 heavy (non-hydrogen) atoms.